The molecule has 0 spiro atoms. The third-order valence-electron chi connectivity index (χ3n) is 2.57. The summed E-state index contributed by atoms with van der Waals surface area (Å²) in [6, 6.07) is 4.69. The van der Waals surface area contributed by atoms with Crippen LogP contribution in [-0.2, 0) is 6.42 Å². The van der Waals surface area contributed by atoms with Crippen LogP contribution in [0, 0.1) is 11.6 Å². The summed E-state index contributed by atoms with van der Waals surface area (Å²) in [5, 5.41) is 9.21. The number of nitrogens with one attached hydrogen (secondary N) is 2. The Morgan fingerprint density at radius 3 is 2.79 bits per heavy atom. The number of hydrogen-bond acceptors (Lipinski definition) is 2. The molecule has 19 heavy (non-hydrogen) atoms. The fourth-order valence-corrected chi connectivity index (χ4v) is 1.65. The number of anilines is 1. The molecule has 0 fully saturated rings. The minimum absolute atomic E-state index is 0.0407. The number of aryl methyl sites for hydroxylation is 1. The lowest BCUT2D eigenvalue weighted by molar-refractivity contribution is 0.102. The molecule has 1 heterocycles. The Bertz CT molecular complexity index is 595. The monoisotopic (exact) mass is 265 g/mol. The lowest BCUT2D eigenvalue weighted by Crippen LogP contribution is -2.12. The van der Waals surface area contributed by atoms with E-state index in [1.807, 2.05) is 6.92 Å². The number of benzene rings is 1. The Labute approximate surface area is 108 Å². The Morgan fingerprint density at radius 1 is 1.32 bits per heavy atom. The van der Waals surface area contributed by atoms with Crippen molar-refractivity contribution in [3.05, 3.63) is 47.2 Å². The molecule has 1 aromatic carbocycles. The number of nitrogens with zero attached hydrogens (tertiary/aromatic N) is 1. The second-order valence-corrected chi connectivity index (χ2v) is 4.11. The van der Waals surface area contributed by atoms with Gasteiger partial charge < -0.3 is 5.32 Å². The molecule has 0 unspecified atom stereocenters. The highest BCUT2D eigenvalue weighted by molar-refractivity contribution is 6.03. The van der Waals surface area contributed by atoms with Crippen LogP contribution in [0.5, 0.6) is 0 Å². The largest absolute Gasteiger partial charge is 0.305 e. The second kappa shape index (κ2) is 5.60. The molecule has 1 aromatic heterocycles. The number of carbonyl (C=O) groups is 1. The second-order valence-electron chi connectivity index (χ2n) is 4.11. The molecule has 0 radical (unpaired) electrons. The number of rotatable bonds is 4. The molecule has 0 saturated heterocycles. The molecule has 0 aliphatic rings. The summed E-state index contributed by atoms with van der Waals surface area (Å²) in [5.41, 5.74) is 0.946. The zero-order chi connectivity index (χ0) is 13.8. The van der Waals surface area contributed by atoms with Crippen LogP contribution >= 0.6 is 0 Å². The molecule has 0 saturated carbocycles. The van der Waals surface area contributed by atoms with Gasteiger partial charge in [-0.1, -0.05) is 13.3 Å². The quantitative estimate of drug-likeness (QED) is 0.893. The Hall–Kier alpha value is -2.24. The van der Waals surface area contributed by atoms with Crippen molar-refractivity contribution >= 4 is 11.7 Å². The van der Waals surface area contributed by atoms with E-state index < -0.39 is 17.5 Å². The van der Waals surface area contributed by atoms with Crippen molar-refractivity contribution in [2.75, 3.05) is 5.32 Å². The predicted molar refractivity (Wildman–Crippen MR) is 66.9 cm³/mol. The van der Waals surface area contributed by atoms with Gasteiger partial charge in [-0.15, -0.1) is 0 Å². The molecule has 100 valence electrons. The van der Waals surface area contributed by atoms with Crippen molar-refractivity contribution in [1.29, 1.82) is 0 Å². The van der Waals surface area contributed by atoms with Gasteiger partial charge in [0.15, 0.2) is 17.5 Å². The van der Waals surface area contributed by atoms with E-state index in [4.69, 9.17) is 0 Å². The van der Waals surface area contributed by atoms with Gasteiger partial charge in [-0.3, -0.25) is 9.89 Å². The van der Waals surface area contributed by atoms with E-state index in [-0.39, 0.29) is 5.56 Å². The molecular formula is C13H13F2N3O. The molecule has 0 atom stereocenters. The third kappa shape index (κ3) is 3.15. The lowest BCUT2D eigenvalue weighted by Gasteiger charge is -2.02. The van der Waals surface area contributed by atoms with Crippen LogP contribution < -0.4 is 5.32 Å². The summed E-state index contributed by atoms with van der Waals surface area (Å²) in [6.45, 7) is 2.03. The van der Waals surface area contributed by atoms with E-state index >= 15 is 0 Å². The highest BCUT2D eigenvalue weighted by Crippen LogP contribution is 2.12. The number of carbonyl (C=O) groups excluding carboxylic acids is 1. The van der Waals surface area contributed by atoms with Gasteiger partial charge in [-0.25, -0.2) is 8.78 Å². The van der Waals surface area contributed by atoms with E-state index in [0.717, 1.165) is 30.7 Å². The van der Waals surface area contributed by atoms with Gasteiger partial charge in [0, 0.05) is 17.3 Å². The average molecular weight is 265 g/mol. The Morgan fingerprint density at radius 2 is 2.11 bits per heavy atom. The van der Waals surface area contributed by atoms with Crippen LogP contribution in [-0.4, -0.2) is 16.1 Å². The van der Waals surface area contributed by atoms with Crippen LogP contribution in [0.15, 0.2) is 24.3 Å². The molecule has 0 aliphatic heterocycles. The molecule has 1 amide bonds. The normalized spacial score (nSPS) is 10.5. The van der Waals surface area contributed by atoms with Crippen LogP contribution in [0.4, 0.5) is 14.6 Å². The minimum atomic E-state index is -1.05. The summed E-state index contributed by atoms with van der Waals surface area (Å²) < 4.78 is 25.8. The zero-order valence-corrected chi connectivity index (χ0v) is 10.3. The number of halogens is 2. The van der Waals surface area contributed by atoms with Crippen LogP contribution in [0.25, 0.3) is 0 Å². The molecule has 2 aromatic rings. The number of aromatic nitrogens is 2. The average Bonchev–Trinajstić information content (AvgIpc) is 2.80. The van der Waals surface area contributed by atoms with Gasteiger partial charge in [0.05, 0.1) is 0 Å². The van der Waals surface area contributed by atoms with Crippen molar-refractivity contribution in [3.63, 3.8) is 0 Å². The molecule has 6 heteroatoms. The van der Waals surface area contributed by atoms with E-state index in [0.29, 0.717) is 5.82 Å². The van der Waals surface area contributed by atoms with Gasteiger partial charge >= 0.3 is 0 Å². The predicted octanol–water partition coefficient (Wildman–Crippen LogP) is 2.89. The molecule has 0 aliphatic carbocycles. The van der Waals surface area contributed by atoms with Gasteiger partial charge in [0.1, 0.15) is 0 Å². The first kappa shape index (κ1) is 13.2. The number of amides is 1. The van der Waals surface area contributed by atoms with E-state index in [1.54, 1.807) is 6.07 Å². The zero-order valence-electron chi connectivity index (χ0n) is 10.3. The SMILES string of the molecule is CCCc1cc(NC(=O)c2ccc(F)c(F)c2)n[nH]1. The topological polar surface area (TPSA) is 57.8 Å². The van der Waals surface area contributed by atoms with E-state index in [2.05, 4.69) is 15.5 Å². The molecule has 4 nitrogen and oxygen atoms in total. The fourth-order valence-electron chi connectivity index (χ4n) is 1.65. The summed E-state index contributed by atoms with van der Waals surface area (Å²) >= 11 is 0. The minimum Gasteiger partial charge on any atom is -0.305 e. The molecular weight excluding hydrogens is 252 g/mol. The van der Waals surface area contributed by atoms with Crippen molar-refractivity contribution < 1.29 is 13.6 Å². The van der Waals surface area contributed by atoms with E-state index in [9.17, 15) is 13.6 Å². The highest BCUT2D eigenvalue weighted by atomic mass is 19.2. The summed E-state index contributed by atoms with van der Waals surface area (Å²) in [5.74, 6) is -2.21. The van der Waals surface area contributed by atoms with Gasteiger partial charge in [-0.2, -0.15) is 5.10 Å². The first-order valence-corrected chi connectivity index (χ1v) is 5.91. The summed E-state index contributed by atoms with van der Waals surface area (Å²) in [4.78, 5) is 11.8. The first-order chi connectivity index (χ1) is 9.10. The van der Waals surface area contributed by atoms with Crippen molar-refractivity contribution in [2.45, 2.75) is 19.8 Å². The van der Waals surface area contributed by atoms with Crippen molar-refractivity contribution in [1.82, 2.24) is 10.2 Å². The third-order valence-corrected chi connectivity index (χ3v) is 2.57. The van der Waals surface area contributed by atoms with Crippen LogP contribution in [0.3, 0.4) is 0 Å². The Kier molecular flexibility index (Phi) is 3.89. The molecule has 2 rings (SSSR count). The van der Waals surface area contributed by atoms with E-state index in [1.165, 1.54) is 6.07 Å². The van der Waals surface area contributed by atoms with Gasteiger partial charge in [0.25, 0.3) is 5.91 Å². The maximum atomic E-state index is 13.0. The summed E-state index contributed by atoms with van der Waals surface area (Å²) in [6.07, 6.45) is 1.78. The maximum Gasteiger partial charge on any atom is 0.256 e. The lowest BCUT2D eigenvalue weighted by atomic mass is 10.2. The smallest absolute Gasteiger partial charge is 0.256 e. The van der Waals surface area contributed by atoms with Gasteiger partial charge in [0.2, 0.25) is 0 Å². The maximum absolute atomic E-state index is 13.0. The number of hydrogen-bond donors (Lipinski definition) is 2. The van der Waals surface area contributed by atoms with Crippen LogP contribution in [0.2, 0.25) is 0 Å². The molecule has 0 bridgehead atoms. The van der Waals surface area contributed by atoms with Crippen molar-refractivity contribution in [2.24, 2.45) is 0 Å². The number of H-pyrrole nitrogens is 1. The first-order valence-electron chi connectivity index (χ1n) is 5.91. The standard InChI is InChI=1S/C13H13F2N3O/c1-2-3-9-7-12(18-17-9)16-13(19)8-4-5-10(14)11(15)6-8/h4-7H,2-3H2,1H3,(H2,16,17,18,19). The van der Waals surface area contributed by atoms with Crippen LogP contribution in [0.1, 0.15) is 29.4 Å². The fraction of sp³-hybridized carbons (Fsp3) is 0.231. The molecule has 2 N–H and O–H groups in total. The highest BCUT2D eigenvalue weighted by Gasteiger charge is 2.11. The van der Waals surface area contributed by atoms with Crippen molar-refractivity contribution in [3.8, 4) is 0 Å². The summed E-state index contributed by atoms with van der Waals surface area (Å²) in [7, 11) is 0. The van der Waals surface area contributed by atoms with Gasteiger partial charge in [-0.05, 0) is 24.6 Å². The Balaban J connectivity index is 2.09. The number of aromatic amines is 1.